The monoisotopic (exact) mass is 232 g/mol. The van der Waals surface area contributed by atoms with Crippen LogP contribution in [-0.4, -0.2) is 17.0 Å². The van der Waals surface area contributed by atoms with Gasteiger partial charge in [0.1, 0.15) is 0 Å². The summed E-state index contributed by atoms with van der Waals surface area (Å²) in [7, 11) is 0. The number of ketones is 1. The van der Waals surface area contributed by atoms with Crippen LogP contribution in [0.4, 0.5) is 0 Å². The Kier molecular flexibility index (Phi) is 4.32. The van der Waals surface area contributed by atoms with Crippen LogP contribution in [0.3, 0.4) is 0 Å². The second-order valence-electron chi connectivity index (χ2n) is 4.94. The molecule has 1 aliphatic carbocycles. The maximum atomic E-state index is 11.9. The lowest BCUT2D eigenvalue weighted by atomic mass is 9.83. The predicted molar refractivity (Wildman–Crippen MR) is 68.0 cm³/mol. The zero-order valence-electron chi connectivity index (χ0n) is 10.1. The van der Waals surface area contributed by atoms with Crippen molar-refractivity contribution in [3.8, 4) is 0 Å². The summed E-state index contributed by atoms with van der Waals surface area (Å²) in [5.74, 6) is 0.528. The van der Waals surface area contributed by atoms with Gasteiger partial charge in [-0.25, -0.2) is 0 Å². The van der Waals surface area contributed by atoms with Crippen molar-refractivity contribution in [2.45, 2.75) is 44.6 Å². The van der Waals surface area contributed by atoms with Gasteiger partial charge in [-0.2, -0.15) is 0 Å². The number of rotatable bonds is 4. The molecule has 0 unspecified atom stereocenters. The van der Waals surface area contributed by atoms with Crippen molar-refractivity contribution in [1.82, 2.24) is 0 Å². The largest absolute Gasteiger partial charge is 0.393 e. The number of hydrogen-bond donors (Lipinski definition) is 1. The smallest absolute Gasteiger partial charge is 0.162 e. The molecule has 0 radical (unpaired) electrons. The second-order valence-corrected chi connectivity index (χ2v) is 4.94. The molecule has 0 saturated heterocycles. The predicted octanol–water partition coefficient (Wildman–Crippen LogP) is 3.20. The van der Waals surface area contributed by atoms with Crippen molar-refractivity contribution in [1.29, 1.82) is 0 Å². The first-order valence-corrected chi connectivity index (χ1v) is 6.53. The van der Waals surface area contributed by atoms with Gasteiger partial charge in [0, 0.05) is 12.0 Å². The Bertz CT molecular complexity index is 358. The molecule has 0 aliphatic heterocycles. The molecular weight excluding hydrogens is 212 g/mol. The third kappa shape index (κ3) is 3.40. The number of hydrogen-bond acceptors (Lipinski definition) is 2. The van der Waals surface area contributed by atoms with Crippen LogP contribution in [0.2, 0.25) is 0 Å². The van der Waals surface area contributed by atoms with Gasteiger partial charge in [-0.15, -0.1) is 0 Å². The molecule has 0 amide bonds. The molecule has 2 heteroatoms. The Labute approximate surface area is 103 Å². The topological polar surface area (TPSA) is 37.3 Å². The average Bonchev–Trinajstić information content (AvgIpc) is 2.38. The molecule has 0 spiro atoms. The van der Waals surface area contributed by atoms with E-state index < -0.39 is 0 Å². The molecule has 1 aromatic rings. The Hall–Kier alpha value is -1.15. The third-order valence-electron chi connectivity index (χ3n) is 3.71. The first-order chi connectivity index (χ1) is 8.27. The van der Waals surface area contributed by atoms with E-state index in [1.807, 2.05) is 30.3 Å². The van der Waals surface area contributed by atoms with E-state index in [1.165, 1.54) is 6.42 Å². The van der Waals surface area contributed by atoms with Crippen molar-refractivity contribution >= 4 is 5.78 Å². The van der Waals surface area contributed by atoms with Crippen LogP contribution in [0.5, 0.6) is 0 Å². The zero-order chi connectivity index (χ0) is 12.1. The summed E-state index contributed by atoms with van der Waals surface area (Å²) in [6.45, 7) is 0. The molecule has 2 atom stereocenters. The molecule has 2 rings (SSSR count). The number of carbonyl (C=O) groups is 1. The van der Waals surface area contributed by atoms with Crippen LogP contribution < -0.4 is 0 Å². The maximum absolute atomic E-state index is 11.9. The minimum Gasteiger partial charge on any atom is -0.393 e. The number of benzene rings is 1. The average molecular weight is 232 g/mol. The fourth-order valence-electron chi connectivity index (χ4n) is 2.61. The molecule has 1 saturated carbocycles. The normalized spacial score (nSPS) is 24.5. The van der Waals surface area contributed by atoms with Gasteiger partial charge in [0.25, 0.3) is 0 Å². The van der Waals surface area contributed by atoms with Gasteiger partial charge in [-0.05, 0) is 25.2 Å². The minimum atomic E-state index is -0.188. The standard InChI is InChI=1S/C15H20O2/c16-14-9-5-4-8-13(14)10-11-15(17)12-6-2-1-3-7-12/h1-3,6-7,13-14,16H,4-5,8-11H2/t13-,14-/m0/s1. The summed E-state index contributed by atoms with van der Waals surface area (Å²) in [6, 6.07) is 9.42. The Morgan fingerprint density at radius 2 is 1.88 bits per heavy atom. The Balaban J connectivity index is 1.84. The van der Waals surface area contributed by atoms with Gasteiger partial charge >= 0.3 is 0 Å². The van der Waals surface area contributed by atoms with Crippen molar-refractivity contribution in [3.05, 3.63) is 35.9 Å². The van der Waals surface area contributed by atoms with Gasteiger partial charge in [-0.1, -0.05) is 43.2 Å². The summed E-state index contributed by atoms with van der Waals surface area (Å²) in [6.07, 6.45) is 5.51. The maximum Gasteiger partial charge on any atom is 0.162 e. The highest BCUT2D eigenvalue weighted by atomic mass is 16.3. The molecule has 0 heterocycles. The van der Waals surface area contributed by atoms with E-state index in [1.54, 1.807) is 0 Å². The molecule has 0 aromatic heterocycles. The second kappa shape index (κ2) is 5.97. The fourth-order valence-corrected chi connectivity index (χ4v) is 2.61. The van der Waals surface area contributed by atoms with Crippen LogP contribution in [0.25, 0.3) is 0 Å². The lowest BCUT2D eigenvalue weighted by Crippen LogP contribution is -2.24. The Morgan fingerprint density at radius 1 is 1.18 bits per heavy atom. The van der Waals surface area contributed by atoms with Crippen molar-refractivity contribution in [2.24, 2.45) is 5.92 Å². The third-order valence-corrected chi connectivity index (χ3v) is 3.71. The molecule has 1 fully saturated rings. The van der Waals surface area contributed by atoms with Crippen molar-refractivity contribution < 1.29 is 9.90 Å². The highest BCUT2D eigenvalue weighted by molar-refractivity contribution is 5.95. The molecule has 1 aliphatic rings. The lowest BCUT2D eigenvalue weighted by molar-refractivity contribution is 0.0623. The van der Waals surface area contributed by atoms with E-state index in [2.05, 4.69) is 0 Å². The molecule has 1 N–H and O–H groups in total. The van der Waals surface area contributed by atoms with E-state index >= 15 is 0 Å². The number of Topliss-reactive ketones (excluding diaryl/α,β-unsaturated/α-hetero) is 1. The zero-order valence-corrected chi connectivity index (χ0v) is 10.1. The summed E-state index contributed by atoms with van der Waals surface area (Å²) in [4.78, 5) is 11.9. The van der Waals surface area contributed by atoms with Gasteiger partial charge in [0.05, 0.1) is 6.10 Å². The molecule has 17 heavy (non-hydrogen) atoms. The van der Waals surface area contributed by atoms with Crippen LogP contribution in [0, 0.1) is 5.92 Å². The molecule has 0 bridgehead atoms. The number of carbonyl (C=O) groups excluding carboxylic acids is 1. The van der Waals surface area contributed by atoms with Crippen LogP contribution in [-0.2, 0) is 0 Å². The SMILES string of the molecule is O=C(CC[C@@H]1CCCC[C@@H]1O)c1ccccc1. The van der Waals surface area contributed by atoms with E-state index in [0.29, 0.717) is 12.3 Å². The van der Waals surface area contributed by atoms with Crippen molar-refractivity contribution in [3.63, 3.8) is 0 Å². The molecule has 92 valence electrons. The fraction of sp³-hybridized carbons (Fsp3) is 0.533. The lowest BCUT2D eigenvalue weighted by Gasteiger charge is -2.27. The van der Waals surface area contributed by atoms with Gasteiger partial charge < -0.3 is 5.11 Å². The number of aliphatic hydroxyl groups excluding tert-OH is 1. The van der Waals surface area contributed by atoms with Crippen LogP contribution in [0.15, 0.2) is 30.3 Å². The number of aliphatic hydroxyl groups is 1. The van der Waals surface area contributed by atoms with Crippen LogP contribution in [0.1, 0.15) is 48.9 Å². The summed E-state index contributed by atoms with van der Waals surface area (Å²) < 4.78 is 0. The summed E-state index contributed by atoms with van der Waals surface area (Å²) in [5, 5.41) is 9.84. The van der Waals surface area contributed by atoms with E-state index in [0.717, 1.165) is 31.2 Å². The van der Waals surface area contributed by atoms with Gasteiger partial charge in [0.2, 0.25) is 0 Å². The van der Waals surface area contributed by atoms with Crippen LogP contribution >= 0.6 is 0 Å². The Morgan fingerprint density at radius 3 is 2.59 bits per heavy atom. The van der Waals surface area contributed by atoms with Gasteiger partial charge in [0.15, 0.2) is 5.78 Å². The summed E-state index contributed by atoms with van der Waals surface area (Å²) in [5.41, 5.74) is 0.790. The molecule has 2 nitrogen and oxygen atoms in total. The first kappa shape index (κ1) is 12.3. The van der Waals surface area contributed by atoms with E-state index in [9.17, 15) is 9.90 Å². The minimum absolute atomic E-state index is 0.188. The quantitative estimate of drug-likeness (QED) is 0.809. The molecule has 1 aromatic carbocycles. The van der Waals surface area contributed by atoms with Crippen molar-refractivity contribution in [2.75, 3.05) is 0 Å². The highest BCUT2D eigenvalue weighted by Crippen LogP contribution is 2.28. The summed E-state index contributed by atoms with van der Waals surface area (Å²) >= 11 is 0. The van der Waals surface area contributed by atoms with E-state index in [4.69, 9.17) is 0 Å². The molecular formula is C15H20O2. The first-order valence-electron chi connectivity index (χ1n) is 6.53. The van der Waals surface area contributed by atoms with Gasteiger partial charge in [-0.3, -0.25) is 4.79 Å². The van der Waals surface area contributed by atoms with E-state index in [-0.39, 0.29) is 11.9 Å². The highest BCUT2D eigenvalue weighted by Gasteiger charge is 2.23.